The van der Waals surface area contributed by atoms with E-state index in [2.05, 4.69) is 10.6 Å². The molecule has 1 aromatic carbocycles. The normalized spacial score (nSPS) is 11.7. The topological polar surface area (TPSA) is 78.4 Å². The Morgan fingerprint density at radius 3 is 2.58 bits per heavy atom. The fourth-order valence-electron chi connectivity index (χ4n) is 1.45. The Labute approximate surface area is 120 Å². The monoisotopic (exact) mass is 304 g/mol. The predicted molar refractivity (Wildman–Crippen MR) is 74.9 cm³/mol. The highest BCUT2D eigenvalue weighted by molar-refractivity contribution is 6.36. The summed E-state index contributed by atoms with van der Waals surface area (Å²) in [5.74, 6) is -1.07. The molecule has 1 atom stereocenters. The molecule has 0 aromatic heterocycles. The first-order valence-electron chi connectivity index (χ1n) is 5.69. The SMILES string of the molecule is CCC[C@@H](NC(=O)Nc1ccc(Cl)cc1Cl)C(=O)O. The summed E-state index contributed by atoms with van der Waals surface area (Å²) in [4.78, 5) is 22.6. The minimum absolute atomic E-state index is 0.282. The van der Waals surface area contributed by atoms with Crippen LogP contribution in [0.4, 0.5) is 10.5 Å². The van der Waals surface area contributed by atoms with Crippen LogP contribution in [0, 0.1) is 0 Å². The first-order valence-corrected chi connectivity index (χ1v) is 6.45. The zero-order valence-electron chi connectivity index (χ0n) is 10.2. The van der Waals surface area contributed by atoms with Crippen LogP contribution < -0.4 is 10.6 Å². The second-order valence-electron chi connectivity index (χ2n) is 3.90. The molecule has 0 bridgehead atoms. The predicted octanol–water partition coefficient (Wildman–Crippen LogP) is 3.37. The van der Waals surface area contributed by atoms with Crippen molar-refractivity contribution < 1.29 is 14.7 Å². The second kappa shape index (κ2) is 7.21. The molecule has 0 fully saturated rings. The molecule has 2 amide bonds. The molecule has 3 N–H and O–H groups in total. The number of halogens is 2. The van der Waals surface area contributed by atoms with E-state index < -0.39 is 18.0 Å². The minimum atomic E-state index is -1.07. The summed E-state index contributed by atoms with van der Waals surface area (Å²) in [7, 11) is 0. The summed E-state index contributed by atoms with van der Waals surface area (Å²) in [5.41, 5.74) is 0.365. The number of urea groups is 1. The molecular formula is C12H14Cl2N2O3. The molecule has 1 aromatic rings. The van der Waals surface area contributed by atoms with Gasteiger partial charge in [0, 0.05) is 5.02 Å². The molecule has 19 heavy (non-hydrogen) atoms. The van der Waals surface area contributed by atoms with E-state index in [0.717, 1.165) is 0 Å². The van der Waals surface area contributed by atoms with Crippen molar-refractivity contribution in [3.8, 4) is 0 Å². The van der Waals surface area contributed by atoms with Crippen molar-refractivity contribution in [1.29, 1.82) is 0 Å². The molecule has 0 radical (unpaired) electrons. The number of carbonyl (C=O) groups is 2. The molecule has 0 aliphatic heterocycles. The number of carbonyl (C=O) groups excluding carboxylic acids is 1. The van der Waals surface area contributed by atoms with Gasteiger partial charge in [0.15, 0.2) is 0 Å². The molecule has 1 rings (SSSR count). The molecule has 5 nitrogen and oxygen atoms in total. The quantitative estimate of drug-likeness (QED) is 0.780. The molecule has 0 heterocycles. The van der Waals surface area contributed by atoms with Crippen molar-refractivity contribution in [3.63, 3.8) is 0 Å². The number of rotatable bonds is 5. The van der Waals surface area contributed by atoms with E-state index in [0.29, 0.717) is 23.6 Å². The maximum absolute atomic E-state index is 11.7. The van der Waals surface area contributed by atoms with Crippen LogP contribution in [-0.2, 0) is 4.79 Å². The Hall–Kier alpha value is -1.46. The highest BCUT2D eigenvalue weighted by Gasteiger charge is 2.19. The smallest absolute Gasteiger partial charge is 0.326 e. The van der Waals surface area contributed by atoms with Gasteiger partial charge in [-0.25, -0.2) is 9.59 Å². The Morgan fingerprint density at radius 2 is 2.05 bits per heavy atom. The van der Waals surface area contributed by atoms with Gasteiger partial charge in [0.2, 0.25) is 0 Å². The molecular weight excluding hydrogens is 291 g/mol. The maximum Gasteiger partial charge on any atom is 0.326 e. The number of benzene rings is 1. The van der Waals surface area contributed by atoms with Gasteiger partial charge >= 0.3 is 12.0 Å². The van der Waals surface area contributed by atoms with Gasteiger partial charge in [-0.2, -0.15) is 0 Å². The zero-order valence-corrected chi connectivity index (χ0v) is 11.8. The Morgan fingerprint density at radius 1 is 1.37 bits per heavy atom. The van der Waals surface area contributed by atoms with Gasteiger partial charge in [-0.05, 0) is 24.6 Å². The number of carboxylic acid groups (broad SMARTS) is 1. The number of nitrogens with one attached hydrogen (secondary N) is 2. The van der Waals surface area contributed by atoms with E-state index in [9.17, 15) is 9.59 Å². The van der Waals surface area contributed by atoms with Gasteiger partial charge in [0.25, 0.3) is 0 Å². The van der Waals surface area contributed by atoms with E-state index in [1.807, 2.05) is 6.92 Å². The van der Waals surface area contributed by atoms with Gasteiger partial charge in [0.05, 0.1) is 10.7 Å². The summed E-state index contributed by atoms with van der Waals surface area (Å²) >= 11 is 11.6. The highest BCUT2D eigenvalue weighted by atomic mass is 35.5. The fourth-order valence-corrected chi connectivity index (χ4v) is 1.91. The lowest BCUT2D eigenvalue weighted by Crippen LogP contribution is -2.42. The van der Waals surface area contributed by atoms with Crippen molar-refractivity contribution >= 4 is 40.9 Å². The maximum atomic E-state index is 11.7. The van der Waals surface area contributed by atoms with E-state index in [1.54, 1.807) is 12.1 Å². The lowest BCUT2D eigenvalue weighted by atomic mass is 10.2. The molecule has 0 saturated heterocycles. The lowest BCUT2D eigenvalue weighted by Gasteiger charge is -2.14. The number of aliphatic carboxylic acids is 1. The summed E-state index contributed by atoms with van der Waals surface area (Å²) in [6.07, 6.45) is 1.01. The van der Waals surface area contributed by atoms with Crippen molar-refractivity contribution in [2.75, 3.05) is 5.32 Å². The Balaban J connectivity index is 2.66. The summed E-state index contributed by atoms with van der Waals surface area (Å²) in [5, 5.41) is 14.5. The summed E-state index contributed by atoms with van der Waals surface area (Å²) in [6, 6.07) is 3.06. The van der Waals surface area contributed by atoms with Crippen LogP contribution in [0.1, 0.15) is 19.8 Å². The van der Waals surface area contributed by atoms with Crippen LogP contribution in [0.2, 0.25) is 10.0 Å². The van der Waals surface area contributed by atoms with Crippen molar-refractivity contribution in [1.82, 2.24) is 5.32 Å². The van der Waals surface area contributed by atoms with Crippen LogP contribution in [0.3, 0.4) is 0 Å². The first-order chi connectivity index (χ1) is 8.93. The standard InChI is InChI=1S/C12H14Cl2N2O3/c1-2-3-10(11(17)18)16-12(19)15-9-5-4-7(13)6-8(9)14/h4-6,10H,2-3H2,1H3,(H,17,18)(H2,15,16,19)/t10-/m1/s1. The second-order valence-corrected chi connectivity index (χ2v) is 4.75. The summed E-state index contributed by atoms with van der Waals surface area (Å²) in [6.45, 7) is 1.84. The average molecular weight is 305 g/mol. The number of amides is 2. The lowest BCUT2D eigenvalue weighted by molar-refractivity contribution is -0.139. The van der Waals surface area contributed by atoms with Gasteiger partial charge in [-0.15, -0.1) is 0 Å². The van der Waals surface area contributed by atoms with Crippen LogP contribution >= 0.6 is 23.2 Å². The van der Waals surface area contributed by atoms with Crippen molar-refractivity contribution in [3.05, 3.63) is 28.2 Å². The summed E-state index contributed by atoms with van der Waals surface area (Å²) < 4.78 is 0. The third-order valence-corrected chi connectivity index (χ3v) is 2.91. The molecule has 7 heteroatoms. The molecule has 104 valence electrons. The largest absolute Gasteiger partial charge is 0.480 e. The molecule has 0 saturated carbocycles. The van der Waals surface area contributed by atoms with Crippen LogP contribution in [0.25, 0.3) is 0 Å². The van der Waals surface area contributed by atoms with E-state index in [4.69, 9.17) is 28.3 Å². The Kier molecular flexibility index (Phi) is 5.92. The third kappa shape index (κ3) is 4.96. The molecule has 0 aliphatic rings. The van der Waals surface area contributed by atoms with Crippen LogP contribution in [-0.4, -0.2) is 23.1 Å². The fraction of sp³-hybridized carbons (Fsp3) is 0.333. The third-order valence-electron chi connectivity index (χ3n) is 2.36. The highest BCUT2D eigenvalue weighted by Crippen LogP contribution is 2.25. The van der Waals surface area contributed by atoms with Crippen LogP contribution in [0.15, 0.2) is 18.2 Å². The Bertz CT molecular complexity index is 480. The number of carboxylic acids is 1. The molecule has 0 aliphatic carbocycles. The van der Waals surface area contributed by atoms with Crippen LogP contribution in [0.5, 0.6) is 0 Å². The van der Waals surface area contributed by atoms with Gasteiger partial charge in [0.1, 0.15) is 6.04 Å². The van der Waals surface area contributed by atoms with Gasteiger partial charge in [-0.3, -0.25) is 0 Å². The number of hydrogen-bond acceptors (Lipinski definition) is 2. The molecule has 0 spiro atoms. The first kappa shape index (κ1) is 15.6. The zero-order chi connectivity index (χ0) is 14.4. The van der Waals surface area contributed by atoms with Crippen molar-refractivity contribution in [2.24, 2.45) is 0 Å². The molecule has 0 unspecified atom stereocenters. The van der Waals surface area contributed by atoms with Gasteiger partial charge < -0.3 is 15.7 Å². The number of anilines is 1. The minimum Gasteiger partial charge on any atom is -0.480 e. The van der Waals surface area contributed by atoms with Crippen molar-refractivity contribution in [2.45, 2.75) is 25.8 Å². The van der Waals surface area contributed by atoms with Gasteiger partial charge in [-0.1, -0.05) is 36.5 Å². The van der Waals surface area contributed by atoms with E-state index in [1.165, 1.54) is 6.07 Å². The average Bonchev–Trinajstić information content (AvgIpc) is 2.32. The van der Waals surface area contributed by atoms with E-state index >= 15 is 0 Å². The number of hydrogen-bond donors (Lipinski definition) is 3. The van der Waals surface area contributed by atoms with E-state index in [-0.39, 0.29) is 5.02 Å².